The van der Waals surface area contributed by atoms with Crippen molar-refractivity contribution in [2.24, 2.45) is 5.10 Å². The number of ether oxygens (including phenoxy) is 2. The van der Waals surface area contributed by atoms with Crippen molar-refractivity contribution in [1.29, 1.82) is 5.26 Å². The lowest BCUT2D eigenvalue weighted by atomic mass is 10.0. The van der Waals surface area contributed by atoms with Gasteiger partial charge in [0, 0.05) is 16.5 Å². The second-order valence-electron chi connectivity index (χ2n) is 8.83. The molecule has 5 aromatic rings. The minimum Gasteiger partial charge on any atom is -0.490 e. The number of nitrogens with one attached hydrogen (secondary N) is 1. The smallest absolute Gasteiger partial charge is 0.272 e. The van der Waals surface area contributed by atoms with Crippen LogP contribution in [0.25, 0.3) is 22.2 Å². The van der Waals surface area contributed by atoms with Gasteiger partial charge >= 0.3 is 0 Å². The van der Waals surface area contributed by atoms with Crippen molar-refractivity contribution in [2.75, 3.05) is 6.61 Å². The number of amides is 1. The van der Waals surface area contributed by atoms with Crippen LogP contribution in [-0.2, 0) is 6.61 Å². The summed E-state index contributed by atoms with van der Waals surface area (Å²) in [5, 5.41) is 14.3. The molecule has 0 aliphatic heterocycles. The summed E-state index contributed by atoms with van der Waals surface area (Å²) in [5.41, 5.74) is 7.57. The molecule has 4 aromatic carbocycles. The van der Waals surface area contributed by atoms with Crippen LogP contribution in [-0.4, -0.2) is 23.7 Å². The van der Waals surface area contributed by atoms with Gasteiger partial charge in [0.1, 0.15) is 6.61 Å². The topological polar surface area (TPSA) is 96.6 Å². The van der Waals surface area contributed by atoms with Crippen molar-refractivity contribution in [3.63, 3.8) is 0 Å². The first-order valence-electron chi connectivity index (χ1n) is 12.8. The molecule has 0 fully saturated rings. The molecule has 0 aliphatic rings. The second-order valence-corrected chi connectivity index (χ2v) is 8.83. The van der Waals surface area contributed by atoms with Gasteiger partial charge in [-0.25, -0.2) is 10.4 Å². The Morgan fingerprint density at radius 3 is 2.52 bits per heavy atom. The van der Waals surface area contributed by atoms with Crippen LogP contribution in [0.15, 0.2) is 108 Å². The molecule has 0 unspecified atom stereocenters. The summed E-state index contributed by atoms with van der Waals surface area (Å²) in [5.74, 6) is 0.750. The van der Waals surface area contributed by atoms with Crippen LogP contribution in [0.5, 0.6) is 11.5 Å². The molecule has 7 heteroatoms. The van der Waals surface area contributed by atoms with E-state index in [0.29, 0.717) is 34.9 Å². The fraction of sp³-hybridized carbons (Fsp3) is 0.0909. The van der Waals surface area contributed by atoms with Crippen LogP contribution in [0, 0.1) is 11.3 Å². The van der Waals surface area contributed by atoms with Crippen molar-refractivity contribution < 1.29 is 14.3 Å². The Morgan fingerprint density at radius 2 is 1.70 bits per heavy atom. The molecule has 0 bridgehead atoms. The van der Waals surface area contributed by atoms with Gasteiger partial charge in [0.2, 0.25) is 0 Å². The van der Waals surface area contributed by atoms with Gasteiger partial charge in [0.25, 0.3) is 5.91 Å². The number of hydrazone groups is 1. The van der Waals surface area contributed by atoms with E-state index in [4.69, 9.17) is 14.5 Å². The monoisotopic (exact) mass is 526 g/mol. The zero-order valence-electron chi connectivity index (χ0n) is 21.9. The van der Waals surface area contributed by atoms with Gasteiger partial charge in [-0.1, -0.05) is 66.7 Å². The molecule has 1 N–H and O–H groups in total. The van der Waals surface area contributed by atoms with Crippen molar-refractivity contribution in [3.05, 3.63) is 125 Å². The molecule has 0 aliphatic carbocycles. The normalized spacial score (nSPS) is 10.8. The first-order valence-corrected chi connectivity index (χ1v) is 12.8. The van der Waals surface area contributed by atoms with Gasteiger partial charge < -0.3 is 9.47 Å². The number of nitrogens with zero attached hydrogens (tertiary/aromatic N) is 3. The van der Waals surface area contributed by atoms with Gasteiger partial charge in [-0.05, 0) is 48.9 Å². The van der Waals surface area contributed by atoms with E-state index in [0.717, 1.165) is 27.6 Å². The van der Waals surface area contributed by atoms with E-state index in [1.165, 1.54) is 0 Å². The summed E-state index contributed by atoms with van der Waals surface area (Å²) in [6.07, 6.45) is 1.55. The first-order chi connectivity index (χ1) is 19.7. The number of para-hydroxylation sites is 1. The molecular formula is C33H26N4O3. The lowest BCUT2D eigenvalue weighted by Crippen LogP contribution is -2.18. The molecule has 40 heavy (non-hydrogen) atoms. The molecule has 1 aromatic heterocycles. The molecule has 0 atom stereocenters. The summed E-state index contributed by atoms with van der Waals surface area (Å²) >= 11 is 0. The fourth-order valence-corrected chi connectivity index (χ4v) is 4.25. The SMILES string of the molecule is CCOc1cc(/C=N/NC(=O)c2cc(-c3ccccc3)nc3ccccc23)ccc1OCc1ccccc1C#N. The molecule has 1 heterocycles. The molecular weight excluding hydrogens is 500 g/mol. The maximum Gasteiger partial charge on any atom is 0.272 e. The third kappa shape index (κ3) is 5.98. The highest BCUT2D eigenvalue weighted by molar-refractivity contribution is 6.07. The van der Waals surface area contributed by atoms with E-state index in [1.54, 1.807) is 30.5 Å². The van der Waals surface area contributed by atoms with E-state index >= 15 is 0 Å². The Bertz CT molecular complexity index is 1730. The Balaban J connectivity index is 1.33. The molecule has 0 spiro atoms. The van der Waals surface area contributed by atoms with Crippen LogP contribution < -0.4 is 14.9 Å². The van der Waals surface area contributed by atoms with E-state index < -0.39 is 0 Å². The summed E-state index contributed by atoms with van der Waals surface area (Å²) in [7, 11) is 0. The van der Waals surface area contributed by atoms with Gasteiger partial charge in [0.05, 0.1) is 41.2 Å². The van der Waals surface area contributed by atoms with E-state index in [1.807, 2.05) is 85.8 Å². The third-order valence-electron chi connectivity index (χ3n) is 6.20. The predicted octanol–water partition coefficient (Wildman–Crippen LogP) is 6.52. The highest BCUT2D eigenvalue weighted by Crippen LogP contribution is 2.29. The standard InChI is InChI=1S/C33H26N4O3/c1-2-39-32-18-23(16-17-31(32)40-22-26-13-7-6-12-25(26)20-34)21-35-37-33(38)28-19-30(24-10-4-3-5-11-24)36-29-15-9-8-14-27(28)29/h3-19,21H,2,22H2,1H3,(H,37,38)/b35-21+. The first kappa shape index (κ1) is 26.1. The van der Waals surface area contributed by atoms with Crippen LogP contribution in [0.4, 0.5) is 0 Å². The van der Waals surface area contributed by atoms with Gasteiger partial charge in [-0.2, -0.15) is 10.4 Å². The predicted molar refractivity (Wildman–Crippen MR) is 155 cm³/mol. The molecule has 7 nitrogen and oxygen atoms in total. The summed E-state index contributed by atoms with van der Waals surface area (Å²) < 4.78 is 11.7. The molecule has 0 radical (unpaired) electrons. The minimum atomic E-state index is -0.340. The van der Waals surface area contributed by atoms with Crippen LogP contribution >= 0.6 is 0 Å². The maximum atomic E-state index is 13.2. The number of rotatable bonds is 9. The number of carbonyl (C=O) groups is 1. The largest absolute Gasteiger partial charge is 0.490 e. The average Bonchev–Trinajstić information content (AvgIpc) is 3.00. The van der Waals surface area contributed by atoms with Crippen molar-refractivity contribution >= 4 is 23.0 Å². The molecule has 5 rings (SSSR count). The van der Waals surface area contributed by atoms with Crippen LogP contribution in [0.3, 0.4) is 0 Å². The zero-order valence-corrected chi connectivity index (χ0v) is 21.9. The number of aromatic nitrogens is 1. The van der Waals surface area contributed by atoms with E-state index in [2.05, 4.69) is 16.6 Å². The van der Waals surface area contributed by atoms with Gasteiger partial charge in [-0.3, -0.25) is 4.79 Å². The summed E-state index contributed by atoms with van der Waals surface area (Å²) in [4.78, 5) is 17.9. The molecule has 1 amide bonds. The average molecular weight is 527 g/mol. The van der Waals surface area contributed by atoms with Crippen LogP contribution in [0.2, 0.25) is 0 Å². The number of fused-ring (bicyclic) bond motifs is 1. The van der Waals surface area contributed by atoms with Crippen LogP contribution in [0.1, 0.15) is 34.0 Å². The maximum absolute atomic E-state index is 13.2. The quantitative estimate of drug-likeness (QED) is 0.174. The molecule has 0 saturated heterocycles. The van der Waals surface area contributed by atoms with Crippen molar-refractivity contribution in [1.82, 2.24) is 10.4 Å². The summed E-state index contributed by atoms with van der Waals surface area (Å²) in [6, 6.07) is 33.9. The Hall–Kier alpha value is -5.48. The highest BCUT2D eigenvalue weighted by atomic mass is 16.5. The number of hydrogen-bond donors (Lipinski definition) is 1. The Labute approximate surface area is 232 Å². The summed E-state index contributed by atoms with van der Waals surface area (Å²) in [6.45, 7) is 2.57. The molecule has 196 valence electrons. The molecule has 0 saturated carbocycles. The number of pyridine rings is 1. The fourth-order valence-electron chi connectivity index (χ4n) is 4.25. The lowest BCUT2D eigenvalue weighted by molar-refractivity contribution is 0.0956. The second kappa shape index (κ2) is 12.4. The zero-order chi connectivity index (χ0) is 27.7. The number of benzene rings is 4. The number of nitriles is 1. The highest BCUT2D eigenvalue weighted by Gasteiger charge is 2.14. The lowest BCUT2D eigenvalue weighted by Gasteiger charge is -2.13. The van der Waals surface area contributed by atoms with Gasteiger partial charge in [0.15, 0.2) is 11.5 Å². The minimum absolute atomic E-state index is 0.234. The van der Waals surface area contributed by atoms with E-state index in [-0.39, 0.29) is 12.5 Å². The number of carbonyl (C=O) groups excluding carboxylic acids is 1. The van der Waals surface area contributed by atoms with Crippen molar-refractivity contribution in [2.45, 2.75) is 13.5 Å². The van der Waals surface area contributed by atoms with E-state index in [9.17, 15) is 10.1 Å². The van der Waals surface area contributed by atoms with Gasteiger partial charge in [-0.15, -0.1) is 0 Å². The Morgan fingerprint density at radius 1 is 0.925 bits per heavy atom. The number of hydrogen-bond acceptors (Lipinski definition) is 6. The van der Waals surface area contributed by atoms with Crippen molar-refractivity contribution in [3.8, 4) is 28.8 Å². The Kier molecular flexibility index (Phi) is 8.09. The third-order valence-corrected chi connectivity index (χ3v) is 6.20.